The lowest BCUT2D eigenvalue weighted by Crippen LogP contribution is -2.04. The summed E-state index contributed by atoms with van der Waals surface area (Å²) in [5.74, 6) is 0.112. The second-order valence-corrected chi connectivity index (χ2v) is 2.89. The van der Waals surface area contributed by atoms with Crippen LogP contribution in [0.4, 0.5) is 4.39 Å². The molecule has 2 heterocycles. The first-order valence-corrected chi connectivity index (χ1v) is 4.38. The molecule has 0 spiro atoms. The predicted octanol–water partition coefficient (Wildman–Crippen LogP) is 0.990. The molecule has 2 rings (SSSR count). The summed E-state index contributed by atoms with van der Waals surface area (Å²) in [5.41, 5.74) is 0.264. The molecular formula is C9H9FN4O. The molecule has 0 aliphatic rings. The highest BCUT2D eigenvalue weighted by atomic mass is 19.1. The van der Waals surface area contributed by atoms with Crippen molar-refractivity contribution in [2.75, 3.05) is 7.05 Å². The van der Waals surface area contributed by atoms with Crippen molar-refractivity contribution in [1.29, 1.82) is 0 Å². The molecule has 0 bridgehead atoms. The van der Waals surface area contributed by atoms with Crippen LogP contribution >= 0.6 is 0 Å². The Bertz CT molecular complexity index is 457. The molecule has 1 N–H and O–H groups in total. The van der Waals surface area contributed by atoms with E-state index in [1.807, 2.05) is 0 Å². The number of rotatable bonds is 3. The van der Waals surface area contributed by atoms with Crippen LogP contribution in [0.3, 0.4) is 0 Å². The summed E-state index contributed by atoms with van der Waals surface area (Å²) in [5, 5.41) is 10.4. The Morgan fingerprint density at radius 2 is 2.33 bits per heavy atom. The summed E-state index contributed by atoms with van der Waals surface area (Å²) in [6, 6.07) is 1.49. The molecular weight excluding hydrogens is 199 g/mol. The third-order valence-electron chi connectivity index (χ3n) is 1.80. The van der Waals surface area contributed by atoms with Gasteiger partial charge in [-0.1, -0.05) is 0 Å². The molecule has 0 saturated carbocycles. The molecule has 0 amide bonds. The lowest BCUT2D eigenvalue weighted by atomic mass is 10.2. The average molecular weight is 208 g/mol. The highest BCUT2D eigenvalue weighted by molar-refractivity contribution is 5.51. The Morgan fingerprint density at radius 1 is 1.47 bits per heavy atom. The maximum absolute atomic E-state index is 13.3. The van der Waals surface area contributed by atoms with Gasteiger partial charge in [-0.2, -0.15) is 0 Å². The van der Waals surface area contributed by atoms with Crippen LogP contribution in [0.2, 0.25) is 0 Å². The van der Waals surface area contributed by atoms with Crippen LogP contribution in [-0.4, -0.2) is 22.2 Å². The Kier molecular flexibility index (Phi) is 2.68. The van der Waals surface area contributed by atoms with E-state index >= 15 is 0 Å². The van der Waals surface area contributed by atoms with Gasteiger partial charge >= 0.3 is 0 Å². The molecule has 15 heavy (non-hydrogen) atoms. The molecule has 0 fully saturated rings. The van der Waals surface area contributed by atoms with E-state index in [1.54, 1.807) is 7.05 Å². The zero-order chi connectivity index (χ0) is 10.7. The second kappa shape index (κ2) is 4.14. The van der Waals surface area contributed by atoms with Crippen molar-refractivity contribution < 1.29 is 8.81 Å². The van der Waals surface area contributed by atoms with Crippen molar-refractivity contribution in [1.82, 2.24) is 20.5 Å². The minimum Gasteiger partial charge on any atom is -0.419 e. The van der Waals surface area contributed by atoms with Crippen molar-refractivity contribution in [2.45, 2.75) is 6.54 Å². The van der Waals surface area contributed by atoms with Gasteiger partial charge < -0.3 is 9.73 Å². The molecule has 0 aliphatic heterocycles. The smallest absolute Gasteiger partial charge is 0.250 e. The van der Waals surface area contributed by atoms with Gasteiger partial charge in [0.15, 0.2) is 5.82 Å². The summed E-state index contributed by atoms with van der Waals surface area (Å²) in [6.45, 7) is 0.458. The zero-order valence-corrected chi connectivity index (χ0v) is 8.07. The van der Waals surface area contributed by atoms with Gasteiger partial charge in [0.1, 0.15) is 0 Å². The maximum Gasteiger partial charge on any atom is 0.250 e. The van der Waals surface area contributed by atoms with E-state index < -0.39 is 5.82 Å². The lowest BCUT2D eigenvalue weighted by molar-refractivity contribution is 0.487. The van der Waals surface area contributed by atoms with Crippen LogP contribution in [0, 0.1) is 5.82 Å². The van der Waals surface area contributed by atoms with Gasteiger partial charge in [0.2, 0.25) is 5.89 Å². The van der Waals surface area contributed by atoms with Crippen molar-refractivity contribution in [3.8, 4) is 11.5 Å². The molecule has 0 unspecified atom stereocenters. The largest absolute Gasteiger partial charge is 0.419 e. The summed E-state index contributed by atoms with van der Waals surface area (Å²) < 4.78 is 18.5. The van der Waals surface area contributed by atoms with Crippen LogP contribution in [0.5, 0.6) is 0 Å². The number of halogens is 1. The quantitative estimate of drug-likeness (QED) is 0.814. The fourth-order valence-electron chi connectivity index (χ4n) is 1.13. The van der Waals surface area contributed by atoms with Crippen LogP contribution in [0.1, 0.15) is 5.89 Å². The first-order valence-electron chi connectivity index (χ1n) is 4.38. The van der Waals surface area contributed by atoms with Crippen LogP contribution in [0.15, 0.2) is 22.9 Å². The molecule has 0 atom stereocenters. The van der Waals surface area contributed by atoms with Crippen LogP contribution in [-0.2, 0) is 6.54 Å². The van der Waals surface area contributed by atoms with Crippen LogP contribution < -0.4 is 5.32 Å². The van der Waals surface area contributed by atoms with E-state index in [9.17, 15) is 4.39 Å². The minimum atomic E-state index is -0.475. The molecule has 6 heteroatoms. The standard InChI is InChI=1S/C9H9FN4O/c1-11-5-8-13-14-9(15-8)6-2-3-12-4-7(6)10/h2-4,11H,5H2,1H3. The van der Waals surface area contributed by atoms with Gasteiger partial charge in [0.25, 0.3) is 5.89 Å². The Labute approximate surface area is 85.4 Å². The van der Waals surface area contributed by atoms with E-state index in [-0.39, 0.29) is 11.5 Å². The monoisotopic (exact) mass is 208 g/mol. The van der Waals surface area contributed by atoms with E-state index in [4.69, 9.17) is 4.42 Å². The van der Waals surface area contributed by atoms with Gasteiger partial charge in [-0.25, -0.2) is 4.39 Å². The topological polar surface area (TPSA) is 63.8 Å². The van der Waals surface area contributed by atoms with Gasteiger partial charge in [0.05, 0.1) is 18.3 Å². The third kappa shape index (κ3) is 1.99. The number of hydrogen-bond donors (Lipinski definition) is 1. The summed E-state index contributed by atoms with van der Waals surface area (Å²) in [7, 11) is 1.76. The Hall–Kier alpha value is -1.82. The molecule has 0 aliphatic carbocycles. The summed E-state index contributed by atoms with van der Waals surface area (Å²) in [6.07, 6.45) is 2.58. The number of nitrogens with zero attached hydrogens (tertiary/aromatic N) is 3. The Balaban J connectivity index is 2.33. The van der Waals surface area contributed by atoms with Crippen molar-refractivity contribution >= 4 is 0 Å². The molecule has 0 aromatic carbocycles. The second-order valence-electron chi connectivity index (χ2n) is 2.89. The van der Waals surface area contributed by atoms with Crippen LogP contribution in [0.25, 0.3) is 11.5 Å². The molecule has 0 saturated heterocycles. The van der Waals surface area contributed by atoms with E-state index in [0.29, 0.717) is 12.4 Å². The number of pyridine rings is 1. The molecule has 2 aromatic heterocycles. The molecule has 0 radical (unpaired) electrons. The van der Waals surface area contributed by atoms with Crippen molar-refractivity contribution in [3.63, 3.8) is 0 Å². The average Bonchev–Trinajstić information content (AvgIpc) is 2.68. The Morgan fingerprint density at radius 3 is 3.07 bits per heavy atom. The van der Waals surface area contributed by atoms with Crippen molar-refractivity contribution in [2.24, 2.45) is 0 Å². The minimum absolute atomic E-state index is 0.167. The fraction of sp³-hybridized carbons (Fsp3) is 0.222. The fourth-order valence-corrected chi connectivity index (χ4v) is 1.13. The normalized spacial score (nSPS) is 10.5. The summed E-state index contributed by atoms with van der Waals surface area (Å²) >= 11 is 0. The van der Waals surface area contributed by atoms with Gasteiger partial charge in [-0.3, -0.25) is 4.98 Å². The first-order chi connectivity index (χ1) is 7.31. The van der Waals surface area contributed by atoms with Crippen molar-refractivity contribution in [3.05, 3.63) is 30.2 Å². The number of nitrogens with one attached hydrogen (secondary N) is 1. The third-order valence-corrected chi connectivity index (χ3v) is 1.80. The number of hydrogen-bond acceptors (Lipinski definition) is 5. The summed E-state index contributed by atoms with van der Waals surface area (Å²) in [4.78, 5) is 3.64. The lowest BCUT2D eigenvalue weighted by Gasteiger charge is -1.95. The van der Waals surface area contributed by atoms with Gasteiger partial charge in [-0.15, -0.1) is 10.2 Å². The number of aromatic nitrogens is 3. The molecule has 2 aromatic rings. The molecule has 78 valence electrons. The predicted molar refractivity (Wildman–Crippen MR) is 50.3 cm³/mol. The first kappa shape index (κ1) is 9.72. The maximum atomic E-state index is 13.3. The highest BCUT2D eigenvalue weighted by Crippen LogP contribution is 2.19. The van der Waals surface area contributed by atoms with E-state index in [1.165, 1.54) is 12.3 Å². The van der Waals surface area contributed by atoms with E-state index in [2.05, 4.69) is 20.5 Å². The van der Waals surface area contributed by atoms with Gasteiger partial charge in [-0.05, 0) is 13.1 Å². The van der Waals surface area contributed by atoms with Gasteiger partial charge in [0, 0.05) is 6.20 Å². The van der Waals surface area contributed by atoms with E-state index in [0.717, 1.165) is 6.20 Å². The SMILES string of the molecule is CNCc1nnc(-c2ccncc2F)o1. The zero-order valence-electron chi connectivity index (χ0n) is 8.07. The highest BCUT2D eigenvalue weighted by Gasteiger charge is 2.11. The molecule has 5 nitrogen and oxygen atoms in total.